The molecule has 1 aromatic carbocycles. The van der Waals surface area contributed by atoms with Crippen LogP contribution >= 0.6 is 0 Å². The minimum absolute atomic E-state index is 0.328. The number of piperidine rings is 1. The molecule has 1 fully saturated rings. The van der Waals surface area contributed by atoms with Crippen LogP contribution in [0.3, 0.4) is 0 Å². The summed E-state index contributed by atoms with van der Waals surface area (Å²) < 4.78 is 5.47. The minimum atomic E-state index is 0.328. The van der Waals surface area contributed by atoms with Crippen LogP contribution < -0.4 is 10.1 Å². The highest BCUT2D eigenvalue weighted by atomic mass is 16.5. The van der Waals surface area contributed by atoms with Crippen molar-refractivity contribution in [2.24, 2.45) is 5.41 Å². The van der Waals surface area contributed by atoms with Crippen molar-refractivity contribution in [1.29, 1.82) is 0 Å². The predicted octanol–water partition coefficient (Wildman–Crippen LogP) is 4.88. The first-order valence-corrected chi connectivity index (χ1v) is 11.3. The number of rotatable bonds is 5. The van der Waals surface area contributed by atoms with E-state index < -0.39 is 0 Å². The Balaban J connectivity index is 1.66. The fourth-order valence-corrected chi connectivity index (χ4v) is 4.51. The Hall–Kier alpha value is -2.66. The van der Waals surface area contributed by atoms with Gasteiger partial charge in [-0.05, 0) is 61.3 Å². The summed E-state index contributed by atoms with van der Waals surface area (Å²) in [5.74, 6) is 2.11. The van der Waals surface area contributed by atoms with Gasteiger partial charge in [0.05, 0.1) is 12.8 Å². The first kappa shape index (κ1) is 21.6. The van der Waals surface area contributed by atoms with Crippen molar-refractivity contribution in [3.63, 3.8) is 0 Å². The number of allylic oxidation sites excluding steroid dienone is 2. The lowest BCUT2D eigenvalue weighted by atomic mass is 9.87. The molecular formula is C26H34N4O. The predicted molar refractivity (Wildman–Crippen MR) is 127 cm³/mol. The molecule has 2 aromatic rings. The Morgan fingerprint density at radius 1 is 1.19 bits per heavy atom. The van der Waals surface area contributed by atoms with E-state index in [1.54, 1.807) is 7.11 Å². The number of nitrogens with zero attached hydrogens (tertiary/aromatic N) is 3. The van der Waals surface area contributed by atoms with Gasteiger partial charge in [0.25, 0.3) is 0 Å². The molecule has 0 spiro atoms. The maximum Gasteiger partial charge on any atom is 0.159 e. The van der Waals surface area contributed by atoms with Crippen molar-refractivity contribution in [3.8, 4) is 16.9 Å². The Morgan fingerprint density at radius 2 is 2.00 bits per heavy atom. The zero-order valence-corrected chi connectivity index (χ0v) is 19.2. The molecule has 31 heavy (non-hydrogen) atoms. The molecule has 2 aliphatic heterocycles. The average molecular weight is 419 g/mol. The molecule has 2 aliphatic rings. The zero-order valence-electron chi connectivity index (χ0n) is 19.2. The molecule has 5 heteroatoms. The summed E-state index contributed by atoms with van der Waals surface area (Å²) in [5, 5.41) is 3.20. The van der Waals surface area contributed by atoms with Crippen LogP contribution in [0.4, 0.5) is 0 Å². The highest BCUT2D eigenvalue weighted by Crippen LogP contribution is 2.36. The van der Waals surface area contributed by atoms with Crippen LogP contribution in [0.25, 0.3) is 16.7 Å². The summed E-state index contributed by atoms with van der Waals surface area (Å²) in [5.41, 5.74) is 4.82. The second-order valence-corrected chi connectivity index (χ2v) is 9.74. The fourth-order valence-electron chi connectivity index (χ4n) is 4.51. The quantitative estimate of drug-likeness (QED) is 0.750. The number of ether oxygens (including phenoxy) is 1. The average Bonchev–Trinajstić information content (AvgIpc) is 2.79. The second kappa shape index (κ2) is 9.23. The van der Waals surface area contributed by atoms with Crippen LogP contribution in [-0.2, 0) is 0 Å². The molecule has 0 unspecified atom stereocenters. The lowest BCUT2D eigenvalue weighted by Gasteiger charge is -2.36. The van der Waals surface area contributed by atoms with Gasteiger partial charge in [0, 0.05) is 36.3 Å². The highest BCUT2D eigenvalue weighted by molar-refractivity contribution is 5.73. The second-order valence-electron chi connectivity index (χ2n) is 9.74. The van der Waals surface area contributed by atoms with Gasteiger partial charge in [-0.1, -0.05) is 39.0 Å². The van der Waals surface area contributed by atoms with E-state index in [4.69, 9.17) is 14.7 Å². The van der Waals surface area contributed by atoms with E-state index in [0.29, 0.717) is 11.3 Å². The fraction of sp³-hybridized carbons (Fsp3) is 0.462. The third-order valence-corrected chi connectivity index (χ3v) is 5.95. The highest BCUT2D eigenvalue weighted by Gasteiger charge is 2.27. The number of hydrogen-bond donors (Lipinski definition) is 1. The minimum Gasteiger partial charge on any atom is -0.497 e. The van der Waals surface area contributed by atoms with Crippen LogP contribution in [0, 0.1) is 5.41 Å². The van der Waals surface area contributed by atoms with Gasteiger partial charge in [-0.3, -0.25) is 0 Å². The third kappa shape index (κ3) is 5.34. The van der Waals surface area contributed by atoms with Gasteiger partial charge in [-0.2, -0.15) is 0 Å². The number of hydrogen-bond acceptors (Lipinski definition) is 5. The summed E-state index contributed by atoms with van der Waals surface area (Å²) in [6, 6.07) is 8.23. The largest absolute Gasteiger partial charge is 0.497 e. The van der Waals surface area contributed by atoms with Gasteiger partial charge in [-0.25, -0.2) is 9.97 Å². The summed E-state index contributed by atoms with van der Waals surface area (Å²) in [6.45, 7) is 11.1. The molecule has 3 heterocycles. The van der Waals surface area contributed by atoms with Gasteiger partial charge < -0.3 is 15.0 Å². The Kier molecular flexibility index (Phi) is 6.42. The number of benzene rings is 1. The lowest BCUT2D eigenvalue weighted by Crippen LogP contribution is -2.38. The molecule has 5 nitrogen and oxygen atoms in total. The monoisotopic (exact) mass is 418 g/mol. The summed E-state index contributed by atoms with van der Waals surface area (Å²) in [6.07, 6.45) is 10.4. The van der Waals surface area contributed by atoms with Crippen LogP contribution in [0.5, 0.6) is 5.75 Å². The smallest absolute Gasteiger partial charge is 0.159 e. The molecule has 1 N–H and O–H groups in total. The van der Waals surface area contributed by atoms with Crippen molar-refractivity contribution in [2.75, 3.05) is 33.3 Å². The molecule has 4 rings (SSSR count). The van der Waals surface area contributed by atoms with Crippen molar-refractivity contribution in [3.05, 3.63) is 60.3 Å². The number of dihydropyridines is 1. The van der Waals surface area contributed by atoms with E-state index in [2.05, 4.69) is 55.3 Å². The zero-order chi connectivity index (χ0) is 21.8. The number of methoxy groups -OCH3 is 1. The van der Waals surface area contributed by atoms with Crippen molar-refractivity contribution in [1.82, 2.24) is 20.2 Å². The van der Waals surface area contributed by atoms with Gasteiger partial charge >= 0.3 is 0 Å². The molecule has 0 saturated carbocycles. The van der Waals surface area contributed by atoms with E-state index in [1.807, 2.05) is 24.5 Å². The van der Waals surface area contributed by atoms with E-state index in [-0.39, 0.29) is 0 Å². The molecule has 1 saturated heterocycles. The molecule has 1 aromatic heterocycles. The molecule has 0 atom stereocenters. The third-order valence-electron chi connectivity index (χ3n) is 5.95. The van der Waals surface area contributed by atoms with Crippen molar-refractivity contribution in [2.45, 2.75) is 39.5 Å². The summed E-state index contributed by atoms with van der Waals surface area (Å²) >= 11 is 0. The summed E-state index contributed by atoms with van der Waals surface area (Å²) in [4.78, 5) is 12.5. The van der Waals surface area contributed by atoms with Crippen LogP contribution in [-0.4, -0.2) is 48.2 Å². The SMILES string of the molecule is COc1cccc(-c2cnc(C3=CCNC=C3)nc2C2CCN(CC(C)(C)C)CC2)c1. The van der Waals surface area contributed by atoms with E-state index >= 15 is 0 Å². The van der Waals surface area contributed by atoms with Crippen molar-refractivity contribution >= 4 is 5.57 Å². The van der Waals surface area contributed by atoms with Crippen LogP contribution in [0.2, 0.25) is 0 Å². The first-order valence-electron chi connectivity index (χ1n) is 11.3. The van der Waals surface area contributed by atoms with Crippen LogP contribution in [0.1, 0.15) is 51.0 Å². The molecule has 0 aliphatic carbocycles. The van der Waals surface area contributed by atoms with Crippen LogP contribution in [0.15, 0.2) is 48.8 Å². The lowest BCUT2D eigenvalue weighted by molar-refractivity contribution is 0.153. The maximum absolute atomic E-state index is 5.47. The normalized spacial score (nSPS) is 17.9. The number of likely N-dealkylation sites (tertiary alicyclic amines) is 1. The molecular weight excluding hydrogens is 384 g/mol. The van der Waals surface area contributed by atoms with Gasteiger partial charge in [0.2, 0.25) is 0 Å². The van der Waals surface area contributed by atoms with E-state index in [9.17, 15) is 0 Å². The first-order chi connectivity index (χ1) is 14.9. The van der Waals surface area contributed by atoms with Gasteiger partial charge in [0.1, 0.15) is 5.75 Å². The summed E-state index contributed by atoms with van der Waals surface area (Å²) in [7, 11) is 1.71. The Labute approximate surface area is 186 Å². The Bertz CT molecular complexity index is 966. The van der Waals surface area contributed by atoms with E-state index in [1.165, 1.54) is 5.69 Å². The number of nitrogens with one attached hydrogen (secondary N) is 1. The molecule has 0 radical (unpaired) electrons. The van der Waals surface area contributed by atoms with Gasteiger partial charge in [0.15, 0.2) is 5.82 Å². The Morgan fingerprint density at radius 3 is 2.68 bits per heavy atom. The maximum atomic E-state index is 5.47. The number of aromatic nitrogens is 2. The standard InChI is InChI=1S/C26H34N4O/c1-26(2,3)18-30-14-10-19(11-15-30)24-23(21-6-5-7-22(16-21)31-4)17-28-25(29-24)20-8-12-27-13-9-20/h5-9,12,16-17,19,27H,10-11,13-15,18H2,1-4H3. The topological polar surface area (TPSA) is 50.3 Å². The van der Waals surface area contributed by atoms with Crippen molar-refractivity contribution < 1.29 is 4.74 Å². The van der Waals surface area contributed by atoms with Gasteiger partial charge in [-0.15, -0.1) is 0 Å². The molecule has 0 bridgehead atoms. The molecule has 164 valence electrons. The van der Waals surface area contributed by atoms with E-state index in [0.717, 1.165) is 67.3 Å². The molecule has 0 amide bonds.